The van der Waals surface area contributed by atoms with Crippen molar-refractivity contribution in [3.63, 3.8) is 0 Å². The van der Waals surface area contributed by atoms with Crippen LogP contribution in [0.2, 0.25) is 0 Å². The van der Waals surface area contributed by atoms with E-state index in [1.165, 1.54) is 38.8 Å². The summed E-state index contributed by atoms with van der Waals surface area (Å²) in [5.74, 6) is 2.15. The number of hydrogen-bond donors (Lipinski definition) is 1. The van der Waals surface area contributed by atoms with E-state index in [4.69, 9.17) is 0 Å². The van der Waals surface area contributed by atoms with Crippen molar-refractivity contribution < 1.29 is 0 Å². The van der Waals surface area contributed by atoms with Crippen LogP contribution in [0.5, 0.6) is 0 Å². The number of hydrogen-bond acceptors (Lipinski definition) is 4. The van der Waals surface area contributed by atoms with Gasteiger partial charge in [-0.3, -0.25) is 0 Å². The summed E-state index contributed by atoms with van der Waals surface area (Å²) < 4.78 is 0.855. The van der Waals surface area contributed by atoms with Crippen molar-refractivity contribution in [3.05, 3.63) is 16.5 Å². The minimum atomic E-state index is 0.346. The van der Waals surface area contributed by atoms with Gasteiger partial charge < -0.3 is 10.2 Å². The molecule has 2 heterocycles. The Morgan fingerprint density at radius 1 is 1.20 bits per heavy atom. The summed E-state index contributed by atoms with van der Waals surface area (Å²) in [5, 5.41) is 3.43. The maximum Gasteiger partial charge on any atom is 0.134 e. The molecule has 0 aliphatic carbocycles. The minimum absolute atomic E-state index is 0.346. The Morgan fingerprint density at radius 3 is 2.55 bits per heavy atom. The van der Waals surface area contributed by atoms with Crippen molar-refractivity contribution >= 4 is 21.7 Å². The van der Waals surface area contributed by atoms with Crippen molar-refractivity contribution in [1.29, 1.82) is 0 Å². The number of anilines is 1. The lowest BCUT2D eigenvalue weighted by Gasteiger charge is -2.20. The second kappa shape index (κ2) is 7.93. The van der Waals surface area contributed by atoms with Crippen molar-refractivity contribution in [1.82, 2.24) is 14.9 Å². The van der Waals surface area contributed by atoms with Crippen LogP contribution in [0.3, 0.4) is 0 Å². The lowest BCUT2D eigenvalue weighted by molar-refractivity contribution is 0.296. The van der Waals surface area contributed by atoms with E-state index in [-0.39, 0.29) is 0 Å². The van der Waals surface area contributed by atoms with Crippen LogP contribution in [0.1, 0.15) is 51.3 Å². The highest BCUT2D eigenvalue weighted by atomic mass is 79.9. The van der Waals surface area contributed by atoms with Gasteiger partial charge in [0, 0.05) is 25.1 Å². The number of likely N-dealkylation sites (tertiary alicyclic amines) is 1. The highest BCUT2D eigenvalue weighted by Gasteiger charge is 2.09. The summed E-state index contributed by atoms with van der Waals surface area (Å²) in [4.78, 5) is 11.5. The highest BCUT2D eigenvalue weighted by Crippen LogP contribution is 2.17. The standard InChI is InChI=1S/C15H25BrN4/c1-12(2)15-18-13(16)11-14(19-15)17-7-10-20-8-5-3-4-6-9-20/h11-12H,3-10H2,1-2H3,(H,17,18,19). The van der Waals surface area contributed by atoms with Crippen molar-refractivity contribution in [3.8, 4) is 0 Å². The summed E-state index contributed by atoms with van der Waals surface area (Å²) >= 11 is 3.46. The Balaban J connectivity index is 1.84. The number of rotatable bonds is 5. The Kier molecular flexibility index (Phi) is 6.23. The summed E-state index contributed by atoms with van der Waals surface area (Å²) in [6.45, 7) is 8.75. The number of nitrogens with zero attached hydrogens (tertiary/aromatic N) is 3. The first-order valence-corrected chi connectivity index (χ1v) is 8.45. The summed E-state index contributed by atoms with van der Waals surface area (Å²) in [6.07, 6.45) is 5.47. The molecular weight excluding hydrogens is 316 g/mol. The molecule has 1 aliphatic rings. The fourth-order valence-corrected chi connectivity index (χ4v) is 2.88. The van der Waals surface area contributed by atoms with Gasteiger partial charge in [0.1, 0.15) is 16.2 Å². The van der Waals surface area contributed by atoms with Gasteiger partial charge in [0.25, 0.3) is 0 Å². The number of halogens is 1. The van der Waals surface area contributed by atoms with E-state index in [9.17, 15) is 0 Å². The van der Waals surface area contributed by atoms with Crippen molar-refractivity contribution in [2.24, 2.45) is 0 Å². The third-order valence-electron chi connectivity index (χ3n) is 3.66. The normalized spacial score (nSPS) is 17.2. The molecule has 0 radical (unpaired) electrons. The minimum Gasteiger partial charge on any atom is -0.369 e. The van der Waals surface area contributed by atoms with Crippen LogP contribution in [0.25, 0.3) is 0 Å². The quantitative estimate of drug-likeness (QED) is 0.830. The average molecular weight is 341 g/mol. The van der Waals surface area contributed by atoms with Crippen LogP contribution in [0.15, 0.2) is 10.7 Å². The van der Waals surface area contributed by atoms with Gasteiger partial charge in [0.05, 0.1) is 0 Å². The molecule has 0 amide bonds. The highest BCUT2D eigenvalue weighted by molar-refractivity contribution is 9.10. The number of aromatic nitrogens is 2. The third-order valence-corrected chi connectivity index (χ3v) is 4.07. The first-order chi connectivity index (χ1) is 9.65. The molecule has 1 N–H and O–H groups in total. The average Bonchev–Trinajstić information content (AvgIpc) is 2.67. The molecule has 20 heavy (non-hydrogen) atoms. The van der Waals surface area contributed by atoms with Gasteiger partial charge in [-0.1, -0.05) is 26.7 Å². The Labute approximate surface area is 130 Å². The van der Waals surface area contributed by atoms with E-state index < -0.39 is 0 Å². The van der Waals surface area contributed by atoms with Gasteiger partial charge in [-0.25, -0.2) is 9.97 Å². The largest absolute Gasteiger partial charge is 0.369 e. The second-order valence-corrected chi connectivity index (χ2v) is 6.58. The molecule has 2 rings (SSSR count). The van der Waals surface area contributed by atoms with Crippen LogP contribution in [-0.4, -0.2) is 41.0 Å². The van der Waals surface area contributed by atoms with Crippen LogP contribution in [0, 0.1) is 0 Å². The van der Waals surface area contributed by atoms with Crippen molar-refractivity contribution in [2.75, 3.05) is 31.5 Å². The Morgan fingerprint density at radius 2 is 1.90 bits per heavy atom. The lowest BCUT2D eigenvalue weighted by atomic mass is 10.2. The zero-order chi connectivity index (χ0) is 14.4. The Hall–Kier alpha value is -0.680. The molecule has 1 aromatic rings. The lowest BCUT2D eigenvalue weighted by Crippen LogP contribution is -2.30. The zero-order valence-corrected chi connectivity index (χ0v) is 14.1. The molecular formula is C15H25BrN4. The van der Waals surface area contributed by atoms with Gasteiger partial charge in [-0.2, -0.15) is 0 Å². The summed E-state index contributed by atoms with van der Waals surface area (Å²) in [7, 11) is 0. The molecule has 0 atom stereocenters. The van der Waals surface area contributed by atoms with Crippen LogP contribution in [-0.2, 0) is 0 Å². The topological polar surface area (TPSA) is 41.1 Å². The molecule has 5 heteroatoms. The maximum absolute atomic E-state index is 4.56. The fraction of sp³-hybridized carbons (Fsp3) is 0.733. The van der Waals surface area contributed by atoms with Crippen LogP contribution in [0.4, 0.5) is 5.82 Å². The van der Waals surface area contributed by atoms with Crippen LogP contribution >= 0.6 is 15.9 Å². The summed E-state index contributed by atoms with van der Waals surface area (Å²) in [5.41, 5.74) is 0. The van der Waals surface area contributed by atoms with E-state index in [1.807, 2.05) is 6.07 Å². The van der Waals surface area contributed by atoms with E-state index in [2.05, 4.69) is 50.0 Å². The zero-order valence-electron chi connectivity index (χ0n) is 12.5. The molecule has 0 aromatic carbocycles. The molecule has 0 bridgehead atoms. The maximum atomic E-state index is 4.56. The van der Waals surface area contributed by atoms with Gasteiger partial charge in [0.15, 0.2) is 0 Å². The molecule has 0 unspecified atom stereocenters. The molecule has 1 fully saturated rings. The SMILES string of the molecule is CC(C)c1nc(Br)cc(NCCN2CCCCCC2)n1. The first-order valence-electron chi connectivity index (χ1n) is 7.66. The van der Waals surface area contributed by atoms with Gasteiger partial charge in [-0.05, 0) is 41.9 Å². The van der Waals surface area contributed by atoms with Crippen molar-refractivity contribution in [2.45, 2.75) is 45.4 Å². The van der Waals surface area contributed by atoms with E-state index in [0.717, 1.165) is 29.3 Å². The van der Waals surface area contributed by atoms with Crippen LogP contribution < -0.4 is 5.32 Å². The van der Waals surface area contributed by atoms with E-state index in [0.29, 0.717) is 5.92 Å². The van der Waals surface area contributed by atoms with E-state index >= 15 is 0 Å². The molecule has 1 aliphatic heterocycles. The molecule has 1 aromatic heterocycles. The molecule has 112 valence electrons. The van der Waals surface area contributed by atoms with Gasteiger partial charge in [0.2, 0.25) is 0 Å². The first kappa shape index (κ1) is 15.7. The molecule has 4 nitrogen and oxygen atoms in total. The van der Waals surface area contributed by atoms with Gasteiger partial charge >= 0.3 is 0 Å². The molecule has 0 spiro atoms. The third kappa shape index (κ3) is 5.02. The summed E-state index contributed by atoms with van der Waals surface area (Å²) in [6, 6.07) is 1.95. The molecule has 1 saturated heterocycles. The Bertz CT molecular complexity index is 414. The number of nitrogens with one attached hydrogen (secondary N) is 1. The smallest absolute Gasteiger partial charge is 0.134 e. The second-order valence-electron chi connectivity index (χ2n) is 5.77. The molecule has 0 saturated carbocycles. The van der Waals surface area contributed by atoms with E-state index in [1.54, 1.807) is 0 Å². The predicted molar refractivity (Wildman–Crippen MR) is 87.2 cm³/mol. The predicted octanol–water partition coefficient (Wildman–Crippen LogP) is 3.65. The monoisotopic (exact) mass is 340 g/mol. The fourth-order valence-electron chi connectivity index (χ4n) is 2.49. The van der Waals surface area contributed by atoms with Gasteiger partial charge in [-0.15, -0.1) is 0 Å².